The zero-order valence-corrected chi connectivity index (χ0v) is 22.0. The minimum absolute atomic E-state index is 0.593. The molecular formula is C30H35N7O. The standard InChI is InChI=1S/C30H35N7O/c1-23-10-12-25(13-11-23)38-19-18-37-22-24(26-8-2-3-9-27(26)37)21-31-34-28-20-29(35-14-4-5-15-35)33-30(32-28)36-16-6-7-17-36/h2-3,8-13,20-22H,4-7,14-19H2,1H3,(H,32,33,34)/b31-21-. The molecule has 0 unspecified atom stereocenters. The summed E-state index contributed by atoms with van der Waals surface area (Å²) in [6, 6.07) is 18.6. The van der Waals surface area contributed by atoms with Gasteiger partial charge in [-0.1, -0.05) is 35.9 Å². The fourth-order valence-electron chi connectivity index (χ4n) is 5.27. The number of para-hydroxylation sites is 1. The van der Waals surface area contributed by atoms with Gasteiger partial charge < -0.3 is 19.1 Å². The van der Waals surface area contributed by atoms with E-state index < -0.39 is 0 Å². The van der Waals surface area contributed by atoms with Crippen molar-refractivity contribution in [3.63, 3.8) is 0 Å². The lowest BCUT2D eigenvalue weighted by Gasteiger charge is -2.21. The van der Waals surface area contributed by atoms with E-state index in [1.165, 1.54) is 31.2 Å². The van der Waals surface area contributed by atoms with E-state index in [2.05, 4.69) is 74.4 Å². The Morgan fingerprint density at radius 3 is 2.45 bits per heavy atom. The molecule has 0 atom stereocenters. The SMILES string of the molecule is Cc1ccc(OCCn2cc(/C=N\Nc3cc(N4CCCC4)nc(N4CCCC4)n3)c3ccccc32)cc1. The molecular weight excluding hydrogens is 474 g/mol. The molecule has 4 aromatic rings. The molecule has 4 heterocycles. The summed E-state index contributed by atoms with van der Waals surface area (Å²) >= 11 is 0. The summed E-state index contributed by atoms with van der Waals surface area (Å²) < 4.78 is 8.21. The molecule has 1 N–H and O–H groups in total. The molecule has 2 aliphatic rings. The Hall–Kier alpha value is -4.07. The van der Waals surface area contributed by atoms with E-state index in [0.29, 0.717) is 6.61 Å². The summed E-state index contributed by atoms with van der Waals surface area (Å²) in [5.74, 6) is 3.41. The van der Waals surface area contributed by atoms with Crippen LogP contribution in [0.4, 0.5) is 17.6 Å². The van der Waals surface area contributed by atoms with Crippen LogP contribution in [-0.4, -0.2) is 53.5 Å². The van der Waals surface area contributed by atoms with Crippen LogP contribution in [0, 0.1) is 6.92 Å². The molecule has 2 aromatic carbocycles. The fraction of sp³-hybridized carbons (Fsp3) is 0.367. The Labute approximate surface area is 224 Å². The maximum Gasteiger partial charge on any atom is 0.229 e. The monoisotopic (exact) mass is 509 g/mol. The lowest BCUT2D eigenvalue weighted by Crippen LogP contribution is -2.24. The second kappa shape index (κ2) is 11.1. The van der Waals surface area contributed by atoms with Crippen LogP contribution in [0.1, 0.15) is 36.8 Å². The number of hydrazone groups is 1. The molecule has 2 saturated heterocycles. The van der Waals surface area contributed by atoms with Crippen molar-refractivity contribution in [1.29, 1.82) is 0 Å². The number of ether oxygens (including phenoxy) is 1. The van der Waals surface area contributed by atoms with E-state index in [9.17, 15) is 0 Å². The second-order valence-corrected chi connectivity index (χ2v) is 10.1. The van der Waals surface area contributed by atoms with E-state index in [0.717, 1.165) is 72.5 Å². The number of aromatic nitrogens is 3. The third kappa shape index (κ3) is 5.44. The molecule has 0 aliphatic carbocycles. The summed E-state index contributed by atoms with van der Waals surface area (Å²) in [5, 5.41) is 5.76. The van der Waals surface area contributed by atoms with Crippen LogP contribution in [0.3, 0.4) is 0 Å². The highest BCUT2D eigenvalue weighted by atomic mass is 16.5. The maximum absolute atomic E-state index is 5.98. The highest BCUT2D eigenvalue weighted by molar-refractivity contribution is 5.99. The average molecular weight is 510 g/mol. The zero-order chi connectivity index (χ0) is 25.7. The smallest absolute Gasteiger partial charge is 0.229 e. The molecule has 196 valence electrons. The predicted molar refractivity (Wildman–Crippen MR) is 155 cm³/mol. The van der Waals surface area contributed by atoms with Gasteiger partial charge in [-0.2, -0.15) is 15.1 Å². The van der Waals surface area contributed by atoms with Crippen LogP contribution in [0.5, 0.6) is 5.75 Å². The van der Waals surface area contributed by atoms with Gasteiger partial charge in [-0.15, -0.1) is 0 Å². The number of anilines is 3. The highest BCUT2D eigenvalue weighted by Crippen LogP contribution is 2.26. The Morgan fingerprint density at radius 1 is 0.921 bits per heavy atom. The van der Waals surface area contributed by atoms with Crippen molar-refractivity contribution in [2.75, 3.05) is 48.0 Å². The third-order valence-electron chi connectivity index (χ3n) is 7.34. The van der Waals surface area contributed by atoms with Crippen LogP contribution < -0.4 is 20.0 Å². The minimum Gasteiger partial charge on any atom is -0.492 e. The predicted octanol–water partition coefficient (Wildman–Crippen LogP) is 5.47. The first-order valence-electron chi connectivity index (χ1n) is 13.7. The van der Waals surface area contributed by atoms with Gasteiger partial charge in [0.15, 0.2) is 5.82 Å². The number of fused-ring (bicyclic) bond motifs is 1. The van der Waals surface area contributed by atoms with Gasteiger partial charge >= 0.3 is 0 Å². The minimum atomic E-state index is 0.593. The first kappa shape index (κ1) is 24.3. The topological polar surface area (TPSA) is 70.8 Å². The Balaban J connectivity index is 1.18. The largest absolute Gasteiger partial charge is 0.492 e. The summed E-state index contributed by atoms with van der Waals surface area (Å²) in [6.07, 6.45) is 8.83. The number of benzene rings is 2. The summed E-state index contributed by atoms with van der Waals surface area (Å²) in [7, 11) is 0. The molecule has 0 saturated carbocycles. The van der Waals surface area contributed by atoms with Crippen LogP contribution in [0.2, 0.25) is 0 Å². The molecule has 0 bridgehead atoms. The van der Waals surface area contributed by atoms with Gasteiger partial charge in [0.05, 0.1) is 12.8 Å². The van der Waals surface area contributed by atoms with Gasteiger partial charge in [0, 0.05) is 54.9 Å². The Morgan fingerprint density at radius 2 is 1.66 bits per heavy atom. The van der Waals surface area contributed by atoms with Crippen molar-refractivity contribution < 1.29 is 4.74 Å². The van der Waals surface area contributed by atoms with Crippen molar-refractivity contribution in [2.45, 2.75) is 39.2 Å². The van der Waals surface area contributed by atoms with Crippen molar-refractivity contribution >= 4 is 34.7 Å². The van der Waals surface area contributed by atoms with E-state index >= 15 is 0 Å². The van der Waals surface area contributed by atoms with Gasteiger partial charge in [-0.05, 0) is 50.8 Å². The van der Waals surface area contributed by atoms with Crippen LogP contribution in [0.15, 0.2) is 65.9 Å². The Bertz CT molecular complexity index is 1370. The summed E-state index contributed by atoms with van der Waals surface area (Å²) in [4.78, 5) is 14.3. The summed E-state index contributed by atoms with van der Waals surface area (Å²) in [6.45, 7) is 7.55. The van der Waals surface area contributed by atoms with Crippen molar-refractivity contribution in [3.05, 3.63) is 71.9 Å². The third-order valence-corrected chi connectivity index (χ3v) is 7.34. The molecule has 0 radical (unpaired) electrons. The molecule has 8 heteroatoms. The molecule has 6 rings (SSSR count). The number of rotatable bonds is 9. The van der Waals surface area contributed by atoms with Gasteiger partial charge in [0.25, 0.3) is 0 Å². The van der Waals surface area contributed by atoms with E-state index in [-0.39, 0.29) is 0 Å². The molecule has 0 amide bonds. The zero-order valence-electron chi connectivity index (χ0n) is 22.0. The van der Waals surface area contributed by atoms with Crippen LogP contribution in [0.25, 0.3) is 10.9 Å². The van der Waals surface area contributed by atoms with E-state index in [1.54, 1.807) is 0 Å². The normalized spacial score (nSPS) is 15.7. The lowest BCUT2D eigenvalue weighted by molar-refractivity contribution is 0.300. The second-order valence-electron chi connectivity index (χ2n) is 10.1. The summed E-state index contributed by atoms with van der Waals surface area (Å²) in [5.41, 5.74) is 6.64. The molecule has 2 aromatic heterocycles. The number of aryl methyl sites for hydroxylation is 1. The van der Waals surface area contributed by atoms with Gasteiger partial charge in [-0.25, -0.2) is 0 Å². The van der Waals surface area contributed by atoms with Crippen LogP contribution >= 0.6 is 0 Å². The number of nitrogens with zero attached hydrogens (tertiary/aromatic N) is 6. The van der Waals surface area contributed by atoms with Gasteiger partial charge in [0.2, 0.25) is 5.95 Å². The van der Waals surface area contributed by atoms with Crippen molar-refractivity contribution in [2.24, 2.45) is 5.10 Å². The number of hydrogen-bond acceptors (Lipinski definition) is 7. The number of hydrogen-bond donors (Lipinski definition) is 1. The quantitative estimate of drug-likeness (QED) is 0.239. The highest BCUT2D eigenvalue weighted by Gasteiger charge is 2.20. The molecule has 2 fully saturated rings. The molecule has 2 aliphatic heterocycles. The first-order chi connectivity index (χ1) is 18.7. The van der Waals surface area contributed by atoms with Crippen LogP contribution in [-0.2, 0) is 6.54 Å². The fourth-order valence-corrected chi connectivity index (χ4v) is 5.27. The molecule has 8 nitrogen and oxygen atoms in total. The van der Waals surface area contributed by atoms with Gasteiger partial charge in [0.1, 0.15) is 18.2 Å². The lowest BCUT2D eigenvalue weighted by atomic mass is 10.2. The molecule has 0 spiro atoms. The van der Waals surface area contributed by atoms with Crippen molar-refractivity contribution in [1.82, 2.24) is 14.5 Å². The Kier molecular flexibility index (Phi) is 7.11. The first-order valence-corrected chi connectivity index (χ1v) is 13.7. The van der Waals surface area contributed by atoms with E-state index in [4.69, 9.17) is 14.7 Å². The average Bonchev–Trinajstić information content (AvgIpc) is 3.72. The van der Waals surface area contributed by atoms with Gasteiger partial charge in [-0.3, -0.25) is 5.43 Å². The maximum atomic E-state index is 5.98. The van der Waals surface area contributed by atoms with Crippen molar-refractivity contribution in [3.8, 4) is 5.75 Å². The van der Waals surface area contributed by atoms with E-state index in [1.807, 2.05) is 24.4 Å². The molecule has 38 heavy (non-hydrogen) atoms. The number of nitrogens with one attached hydrogen (secondary N) is 1.